The summed E-state index contributed by atoms with van der Waals surface area (Å²) in [4.78, 5) is 19.5. The van der Waals surface area contributed by atoms with E-state index in [1.807, 2.05) is 30.3 Å². The molecule has 1 N–H and O–H groups in total. The van der Waals surface area contributed by atoms with Crippen LogP contribution >= 0.6 is 0 Å². The quantitative estimate of drug-likeness (QED) is 0.191. The number of nitrogens with zero attached hydrogens (tertiary/aromatic N) is 2. The summed E-state index contributed by atoms with van der Waals surface area (Å²) in [5, 5.41) is 9.02. The highest BCUT2D eigenvalue weighted by atomic mass is 16.5. The van der Waals surface area contributed by atoms with E-state index in [0.717, 1.165) is 31.1 Å². The molecule has 0 saturated heterocycles. The maximum atomic E-state index is 11.0. The Hall–Kier alpha value is -3.87. The molecule has 0 spiro atoms. The van der Waals surface area contributed by atoms with Crippen molar-refractivity contribution in [1.82, 2.24) is 9.97 Å². The number of aryl methyl sites for hydroxylation is 1. The van der Waals surface area contributed by atoms with Crippen molar-refractivity contribution in [2.45, 2.75) is 51.6 Å². The van der Waals surface area contributed by atoms with Gasteiger partial charge in [0.15, 0.2) is 0 Å². The zero-order valence-corrected chi connectivity index (χ0v) is 20.8. The number of pyridine rings is 2. The van der Waals surface area contributed by atoms with E-state index in [4.69, 9.17) is 19.3 Å². The molecule has 0 bridgehead atoms. The Bertz CT molecular complexity index is 1080. The zero-order valence-electron chi connectivity index (χ0n) is 20.8. The second-order valence-electron chi connectivity index (χ2n) is 8.40. The molecular weight excluding hydrogens is 456 g/mol. The molecule has 7 nitrogen and oxygen atoms in total. The van der Waals surface area contributed by atoms with Crippen LogP contribution in [-0.4, -0.2) is 34.8 Å². The monoisotopic (exact) mass is 490 g/mol. The van der Waals surface area contributed by atoms with Crippen molar-refractivity contribution in [2.24, 2.45) is 0 Å². The molecular formula is C29H34N2O5. The maximum absolute atomic E-state index is 11.0. The third kappa shape index (κ3) is 9.78. The molecule has 36 heavy (non-hydrogen) atoms. The number of carbonyl (C=O) groups is 1. The molecule has 2 aromatic heterocycles. The molecule has 0 aliphatic carbocycles. The van der Waals surface area contributed by atoms with Crippen molar-refractivity contribution in [3.63, 3.8) is 0 Å². The van der Waals surface area contributed by atoms with Crippen LogP contribution < -0.4 is 14.2 Å². The van der Waals surface area contributed by atoms with Gasteiger partial charge in [-0.05, 0) is 67.3 Å². The first-order valence-electron chi connectivity index (χ1n) is 12.3. The third-order valence-corrected chi connectivity index (χ3v) is 5.62. The van der Waals surface area contributed by atoms with Gasteiger partial charge in [0.25, 0.3) is 0 Å². The topological polar surface area (TPSA) is 90.8 Å². The summed E-state index contributed by atoms with van der Waals surface area (Å²) in [7, 11) is 1.68. The van der Waals surface area contributed by atoms with E-state index in [0.29, 0.717) is 29.5 Å². The molecule has 0 amide bonds. The Morgan fingerprint density at radius 3 is 2.42 bits per heavy atom. The fraction of sp³-hybridized carbons (Fsp3) is 0.345. The molecule has 0 fully saturated rings. The number of benzene rings is 1. The average Bonchev–Trinajstić information content (AvgIpc) is 2.91. The van der Waals surface area contributed by atoms with E-state index < -0.39 is 5.97 Å². The van der Waals surface area contributed by atoms with Crippen LogP contribution in [-0.2, 0) is 17.8 Å². The van der Waals surface area contributed by atoms with Gasteiger partial charge in [0, 0.05) is 12.3 Å². The number of carboxylic acid groups (broad SMARTS) is 1. The normalized spacial score (nSPS) is 10.9. The van der Waals surface area contributed by atoms with Crippen LogP contribution in [0.25, 0.3) is 6.08 Å². The minimum absolute atomic E-state index is 0.248. The Kier molecular flexibility index (Phi) is 11.3. The van der Waals surface area contributed by atoms with Crippen molar-refractivity contribution >= 4 is 12.0 Å². The van der Waals surface area contributed by atoms with Gasteiger partial charge in [0.1, 0.15) is 29.5 Å². The number of aliphatic carboxylic acids is 1. The first-order chi connectivity index (χ1) is 17.6. The van der Waals surface area contributed by atoms with Gasteiger partial charge in [0.2, 0.25) is 0 Å². The summed E-state index contributed by atoms with van der Waals surface area (Å²) in [6.07, 6.45) is 13.7. The summed E-state index contributed by atoms with van der Waals surface area (Å²) in [5.74, 6) is 1.07. The van der Waals surface area contributed by atoms with E-state index in [9.17, 15) is 4.79 Å². The minimum atomic E-state index is -1.04. The molecule has 1 aromatic carbocycles. The van der Waals surface area contributed by atoms with E-state index >= 15 is 0 Å². The lowest BCUT2D eigenvalue weighted by Crippen LogP contribution is -2.04. The van der Waals surface area contributed by atoms with E-state index in [1.54, 1.807) is 25.6 Å². The Morgan fingerprint density at radius 1 is 0.917 bits per heavy atom. The molecule has 190 valence electrons. The second kappa shape index (κ2) is 15.2. The zero-order chi connectivity index (χ0) is 25.4. The number of carboxylic acids is 1. The van der Waals surface area contributed by atoms with Crippen molar-refractivity contribution in [3.05, 3.63) is 84.0 Å². The molecule has 7 heteroatoms. The van der Waals surface area contributed by atoms with Crippen LogP contribution in [0.1, 0.15) is 55.5 Å². The third-order valence-electron chi connectivity index (χ3n) is 5.62. The fourth-order valence-electron chi connectivity index (χ4n) is 3.68. The van der Waals surface area contributed by atoms with Gasteiger partial charge in [-0.2, -0.15) is 0 Å². The molecule has 0 saturated carbocycles. The van der Waals surface area contributed by atoms with Crippen molar-refractivity contribution in [2.75, 3.05) is 13.7 Å². The van der Waals surface area contributed by atoms with E-state index in [-0.39, 0.29) is 6.61 Å². The molecule has 0 unspecified atom stereocenters. The van der Waals surface area contributed by atoms with Crippen LogP contribution in [0.3, 0.4) is 0 Å². The summed E-state index contributed by atoms with van der Waals surface area (Å²) in [5.41, 5.74) is 2.49. The highest BCUT2D eigenvalue weighted by molar-refractivity contribution is 5.85. The van der Waals surface area contributed by atoms with Crippen LogP contribution in [0, 0.1) is 0 Å². The standard InChI is InChI=1S/C29H34N2O5/c1-34-25-14-11-23(12-15-25)9-6-4-2-3-5-7-20-35-28-17-13-24(31-27(28)16-18-29(32)33)22-36-26-10-8-19-30-21-26/h8,10-19,21H,2-7,9,20,22H2,1H3,(H,32,33)/b18-16+. The number of ether oxygens (including phenoxy) is 3. The highest BCUT2D eigenvalue weighted by Crippen LogP contribution is 2.21. The molecule has 3 rings (SSSR count). The summed E-state index contributed by atoms with van der Waals surface area (Å²) < 4.78 is 16.8. The van der Waals surface area contributed by atoms with Crippen molar-refractivity contribution in [1.29, 1.82) is 0 Å². The van der Waals surface area contributed by atoms with Gasteiger partial charge in [0.05, 0.1) is 25.6 Å². The SMILES string of the molecule is COc1ccc(CCCCCCCCOc2ccc(COc3cccnc3)nc2/C=C/C(=O)O)cc1. The smallest absolute Gasteiger partial charge is 0.328 e. The molecule has 0 aliphatic heterocycles. The molecule has 0 radical (unpaired) electrons. The van der Waals surface area contributed by atoms with Crippen LogP contribution in [0.2, 0.25) is 0 Å². The van der Waals surface area contributed by atoms with Crippen LogP contribution in [0.5, 0.6) is 17.2 Å². The van der Waals surface area contributed by atoms with Gasteiger partial charge < -0.3 is 19.3 Å². The number of rotatable bonds is 16. The van der Waals surface area contributed by atoms with Crippen molar-refractivity contribution < 1.29 is 24.1 Å². The molecule has 0 atom stereocenters. The second-order valence-corrected chi connectivity index (χ2v) is 8.40. The van der Waals surface area contributed by atoms with Gasteiger partial charge in [-0.25, -0.2) is 9.78 Å². The summed E-state index contributed by atoms with van der Waals surface area (Å²) >= 11 is 0. The van der Waals surface area contributed by atoms with Gasteiger partial charge in [-0.1, -0.05) is 37.8 Å². The fourth-order valence-corrected chi connectivity index (χ4v) is 3.68. The largest absolute Gasteiger partial charge is 0.497 e. The van der Waals surface area contributed by atoms with E-state index in [1.165, 1.54) is 37.3 Å². The van der Waals surface area contributed by atoms with Crippen LogP contribution in [0.15, 0.2) is 67.0 Å². The molecule has 2 heterocycles. The van der Waals surface area contributed by atoms with Gasteiger partial charge in [-0.3, -0.25) is 4.98 Å². The number of hydrogen-bond acceptors (Lipinski definition) is 6. The number of unbranched alkanes of at least 4 members (excludes halogenated alkanes) is 5. The lowest BCUT2D eigenvalue weighted by Gasteiger charge is -2.11. The Labute approximate surface area is 212 Å². The lowest BCUT2D eigenvalue weighted by molar-refractivity contribution is -0.131. The summed E-state index contributed by atoms with van der Waals surface area (Å²) in [6.45, 7) is 0.811. The molecule has 3 aromatic rings. The predicted octanol–water partition coefficient (Wildman–Crippen LogP) is 6.12. The maximum Gasteiger partial charge on any atom is 0.328 e. The molecule has 0 aliphatic rings. The van der Waals surface area contributed by atoms with Crippen molar-refractivity contribution in [3.8, 4) is 17.2 Å². The van der Waals surface area contributed by atoms with Crippen LogP contribution in [0.4, 0.5) is 0 Å². The first-order valence-corrected chi connectivity index (χ1v) is 12.3. The number of hydrogen-bond donors (Lipinski definition) is 1. The minimum Gasteiger partial charge on any atom is -0.497 e. The Balaban J connectivity index is 1.37. The average molecular weight is 491 g/mol. The number of methoxy groups -OCH3 is 1. The lowest BCUT2D eigenvalue weighted by atomic mass is 10.0. The van der Waals surface area contributed by atoms with Gasteiger partial charge in [-0.15, -0.1) is 0 Å². The first kappa shape index (κ1) is 26.7. The van der Waals surface area contributed by atoms with E-state index in [2.05, 4.69) is 22.1 Å². The Morgan fingerprint density at radius 2 is 1.69 bits per heavy atom. The summed E-state index contributed by atoms with van der Waals surface area (Å²) in [6, 6.07) is 15.5. The predicted molar refractivity (Wildman–Crippen MR) is 139 cm³/mol. The highest BCUT2D eigenvalue weighted by Gasteiger charge is 2.07. The van der Waals surface area contributed by atoms with Gasteiger partial charge >= 0.3 is 5.97 Å². The number of aromatic nitrogens is 2.